The Morgan fingerprint density at radius 1 is 0.929 bits per heavy atom. The first-order valence-electron chi connectivity index (χ1n) is 9.21. The van der Waals surface area contributed by atoms with Crippen LogP contribution in [-0.4, -0.2) is 29.2 Å². The van der Waals surface area contributed by atoms with Crippen LogP contribution in [0.15, 0.2) is 54.6 Å². The first-order chi connectivity index (χ1) is 13.5. The van der Waals surface area contributed by atoms with Crippen molar-refractivity contribution in [3.05, 3.63) is 76.9 Å². The minimum absolute atomic E-state index is 0.0408. The second-order valence-electron chi connectivity index (χ2n) is 7.09. The van der Waals surface area contributed by atoms with E-state index in [0.29, 0.717) is 16.5 Å². The molecule has 3 aromatic carbocycles. The molecular weight excluding hydrogens is 352 g/mol. The molecule has 1 N–H and O–H groups in total. The van der Waals surface area contributed by atoms with E-state index in [9.17, 15) is 14.4 Å². The van der Waals surface area contributed by atoms with Crippen LogP contribution in [0.1, 0.15) is 38.3 Å². The first-order valence-corrected chi connectivity index (χ1v) is 9.21. The van der Waals surface area contributed by atoms with Crippen molar-refractivity contribution < 1.29 is 14.4 Å². The highest BCUT2D eigenvalue weighted by Crippen LogP contribution is 2.30. The van der Waals surface area contributed by atoms with Gasteiger partial charge in [0.05, 0.1) is 0 Å². The Hall–Kier alpha value is -3.47. The Labute approximate surface area is 163 Å². The number of hydrogen-bond acceptors (Lipinski definition) is 3. The van der Waals surface area contributed by atoms with Crippen LogP contribution in [0.4, 0.5) is 5.69 Å². The number of anilines is 1. The number of amides is 3. The van der Waals surface area contributed by atoms with E-state index in [2.05, 4.69) is 5.32 Å². The standard InChI is InChI=1S/C23H20N2O3/c1-14-9-10-15(2)19(13-14)24-20(26)11-12-25-22(27)17-7-3-5-16-6-4-8-18(21(16)17)23(25)28/h3-10,13H,11-12H2,1-2H3,(H,24,26). The van der Waals surface area contributed by atoms with E-state index in [1.165, 1.54) is 4.90 Å². The van der Waals surface area contributed by atoms with Crippen LogP contribution in [-0.2, 0) is 4.79 Å². The summed E-state index contributed by atoms with van der Waals surface area (Å²) in [5.74, 6) is -0.936. The Balaban J connectivity index is 1.53. The highest BCUT2D eigenvalue weighted by molar-refractivity contribution is 6.25. The third kappa shape index (κ3) is 3.05. The molecule has 3 amide bonds. The molecule has 5 heteroatoms. The van der Waals surface area contributed by atoms with Gasteiger partial charge in [0.25, 0.3) is 11.8 Å². The number of nitrogens with zero attached hydrogens (tertiary/aromatic N) is 1. The van der Waals surface area contributed by atoms with Crippen molar-refractivity contribution >= 4 is 34.2 Å². The minimum atomic E-state index is -0.353. The summed E-state index contributed by atoms with van der Waals surface area (Å²) < 4.78 is 0. The predicted octanol–water partition coefficient (Wildman–Crippen LogP) is 4.08. The van der Waals surface area contributed by atoms with E-state index >= 15 is 0 Å². The molecule has 0 radical (unpaired) electrons. The largest absolute Gasteiger partial charge is 0.326 e. The average molecular weight is 372 g/mol. The van der Waals surface area contributed by atoms with E-state index < -0.39 is 0 Å². The van der Waals surface area contributed by atoms with E-state index in [-0.39, 0.29) is 30.7 Å². The smallest absolute Gasteiger partial charge is 0.261 e. The van der Waals surface area contributed by atoms with Crippen molar-refractivity contribution in [3.63, 3.8) is 0 Å². The molecular formula is C23H20N2O3. The monoisotopic (exact) mass is 372 g/mol. The normalized spacial score (nSPS) is 13.1. The molecule has 0 saturated carbocycles. The predicted molar refractivity (Wildman–Crippen MR) is 108 cm³/mol. The maximum Gasteiger partial charge on any atom is 0.261 e. The van der Waals surface area contributed by atoms with Crippen LogP contribution < -0.4 is 5.32 Å². The number of carbonyl (C=O) groups is 3. The quantitative estimate of drug-likeness (QED) is 0.702. The summed E-state index contributed by atoms with van der Waals surface area (Å²) in [4.78, 5) is 39.3. The second kappa shape index (κ2) is 6.93. The molecule has 0 aromatic heterocycles. The lowest BCUT2D eigenvalue weighted by atomic mass is 9.94. The second-order valence-corrected chi connectivity index (χ2v) is 7.09. The Kier molecular flexibility index (Phi) is 4.43. The van der Waals surface area contributed by atoms with Gasteiger partial charge in [-0.15, -0.1) is 0 Å². The zero-order chi connectivity index (χ0) is 19.8. The molecule has 0 saturated heterocycles. The highest BCUT2D eigenvalue weighted by atomic mass is 16.2. The Bertz CT molecular complexity index is 1080. The van der Waals surface area contributed by atoms with Crippen LogP contribution in [0.25, 0.3) is 10.8 Å². The van der Waals surface area contributed by atoms with Gasteiger partial charge in [-0.25, -0.2) is 0 Å². The summed E-state index contributed by atoms with van der Waals surface area (Å²) in [6.07, 6.45) is 0.0446. The van der Waals surface area contributed by atoms with Gasteiger partial charge in [-0.1, -0.05) is 36.4 Å². The minimum Gasteiger partial charge on any atom is -0.326 e. The molecule has 4 rings (SSSR count). The summed E-state index contributed by atoms with van der Waals surface area (Å²) in [7, 11) is 0. The van der Waals surface area contributed by atoms with Gasteiger partial charge in [0.2, 0.25) is 5.91 Å². The molecule has 1 aliphatic rings. The summed E-state index contributed by atoms with van der Waals surface area (Å²) in [6.45, 7) is 3.92. The van der Waals surface area contributed by atoms with Crippen molar-refractivity contribution in [2.24, 2.45) is 0 Å². The van der Waals surface area contributed by atoms with Crippen molar-refractivity contribution in [1.82, 2.24) is 4.90 Å². The molecule has 140 valence electrons. The zero-order valence-corrected chi connectivity index (χ0v) is 15.8. The lowest BCUT2D eigenvalue weighted by Crippen LogP contribution is -2.41. The topological polar surface area (TPSA) is 66.5 Å². The van der Waals surface area contributed by atoms with Crippen molar-refractivity contribution in [1.29, 1.82) is 0 Å². The van der Waals surface area contributed by atoms with E-state index in [4.69, 9.17) is 0 Å². The molecule has 0 fully saturated rings. The zero-order valence-electron chi connectivity index (χ0n) is 15.8. The SMILES string of the molecule is Cc1ccc(C)c(NC(=O)CCN2C(=O)c3cccc4cccc(c34)C2=O)c1. The molecule has 3 aromatic rings. The number of rotatable bonds is 4. The van der Waals surface area contributed by atoms with Gasteiger partial charge in [0.1, 0.15) is 0 Å². The van der Waals surface area contributed by atoms with Gasteiger partial charge in [0, 0.05) is 35.2 Å². The van der Waals surface area contributed by atoms with Gasteiger partial charge < -0.3 is 5.32 Å². The van der Waals surface area contributed by atoms with Crippen LogP contribution in [0.5, 0.6) is 0 Å². The summed E-state index contributed by atoms with van der Waals surface area (Å²) in [5, 5.41) is 4.43. The third-order valence-corrected chi connectivity index (χ3v) is 5.09. The van der Waals surface area contributed by atoms with E-state index in [0.717, 1.165) is 22.2 Å². The molecule has 0 atom stereocenters. The number of imide groups is 1. The maximum absolute atomic E-state index is 12.9. The fourth-order valence-electron chi connectivity index (χ4n) is 3.58. The van der Waals surface area contributed by atoms with Gasteiger partial charge in [-0.05, 0) is 48.6 Å². The lowest BCUT2D eigenvalue weighted by molar-refractivity contribution is -0.116. The third-order valence-electron chi connectivity index (χ3n) is 5.09. The van der Waals surface area contributed by atoms with Crippen molar-refractivity contribution in [2.45, 2.75) is 20.3 Å². The highest BCUT2D eigenvalue weighted by Gasteiger charge is 2.32. The average Bonchev–Trinajstić information content (AvgIpc) is 2.68. The number of nitrogens with one attached hydrogen (secondary N) is 1. The number of hydrogen-bond donors (Lipinski definition) is 1. The Morgan fingerprint density at radius 3 is 2.21 bits per heavy atom. The van der Waals surface area contributed by atoms with Gasteiger partial charge in [-0.2, -0.15) is 0 Å². The van der Waals surface area contributed by atoms with Crippen LogP contribution in [0.3, 0.4) is 0 Å². The number of carbonyl (C=O) groups excluding carboxylic acids is 3. The fourth-order valence-corrected chi connectivity index (χ4v) is 3.58. The molecule has 1 aliphatic heterocycles. The van der Waals surface area contributed by atoms with Crippen LogP contribution in [0, 0.1) is 13.8 Å². The van der Waals surface area contributed by atoms with E-state index in [1.54, 1.807) is 24.3 Å². The molecule has 0 aliphatic carbocycles. The molecule has 5 nitrogen and oxygen atoms in total. The van der Waals surface area contributed by atoms with Crippen molar-refractivity contribution in [3.8, 4) is 0 Å². The summed E-state index contributed by atoms with van der Waals surface area (Å²) in [5.41, 5.74) is 3.76. The molecule has 0 spiro atoms. The van der Waals surface area contributed by atoms with Gasteiger partial charge >= 0.3 is 0 Å². The molecule has 0 bridgehead atoms. The lowest BCUT2D eigenvalue weighted by Gasteiger charge is -2.27. The molecule has 1 heterocycles. The molecule has 0 unspecified atom stereocenters. The first kappa shape index (κ1) is 17.9. The number of benzene rings is 3. The maximum atomic E-state index is 12.9. The van der Waals surface area contributed by atoms with E-state index in [1.807, 2.05) is 44.2 Å². The van der Waals surface area contributed by atoms with Crippen molar-refractivity contribution in [2.75, 3.05) is 11.9 Å². The summed E-state index contributed by atoms with van der Waals surface area (Å²) >= 11 is 0. The van der Waals surface area contributed by atoms with Crippen LogP contribution in [0.2, 0.25) is 0 Å². The molecule has 28 heavy (non-hydrogen) atoms. The van der Waals surface area contributed by atoms with Gasteiger partial charge in [-0.3, -0.25) is 19.3 Å². The van der Waals surface area contributed by atoms with Crippen LogP contribution >= 0.6 is 0 Å². The fraction of sp³-hybridized carbons (Fsp3) is 0.174. The summed E-state index contributed by atoms with van der Waals surface area (Å²) in [6, 6.07) is 16.7. The number of aryl methyl sites for hydroxylation is 2. The Morgan fingerprint density at radius 2 is 1.57 bits per heavy atom. The van der Waals surface area contributed by atoms with Gasteiger partial charge in [0.15, 0.2) is 0 Å².